The molecule has 0 unspecified atom stereocenters. The molecule has 0 radical (unpaired) electrons. The lowest BCUT2D eigenvalue weighted by Gasteiger charge is -2.05. The lowest BCUT2D eigenvalue weighted by atomic mass is 9.91. The number of fused-ring (bicyclic) bond motifs is 1. The van der Waals surface area contributed by atoms with Crippen molar-refractivity contribution in [3.8, 4) is 0 Å². The molecule has 1 heteroatoms. The molecule has 0 aromatic heterocycles. The second kappa shape index (κ2) is 2.92. The van der Waals surface area contributed by atoms with Crippen molar-refractivity contribution in [3.05, 3.63) is 41.5 Å². The van der Waals surface area contributed by atoms with Gasteiger partial charge >= 0.3 is 0 Å². The van der Waals surface area contributed by atoms with Crippen molar-refractivity contribution in [2.75, 3.05) is 0 Å². The molecule has 0 bridgehead atoms. The van der Waals surface area contributed by atoms with Gasteiger partial charge in [0, 0.05) is 0 Å². The van der Waals surface area contributed by atoms with E-state index >= 15 is 0 Å². The highest BCUT2D eigenvalue weighted by Gasteiger charge is 1.99. The Kier molecular flexibility index (Phi) is 1.88. The minimum atomic E-state index is 1.33. The molecule has 0 saturated carbocycles. The Bertz CT molecular complexity index is 458. The average molecular weight is 168 g/mol. The molecular weight excluding hydrogens is 155 g/mol. The van der Waals surface area contributed by atoms with E-state index in [9.17, 15) is 0 Å². The van der Waals surface area contributed by atoms with Gasteiger partial charge in [-0.1, -0.05) is 35.8 Å². The minimum absolute atomic E-state index is 1.33. The van der Waals surface area contributed by atoms with Crippen LogP contribution >= 0.6 is 0 Å². The van der Waals surface area contributed by atoms with E-state index in [-0.39, 0.29) is 0 Å². The molecule has 0 heterocycles. The summed E-state index contributed by atoms with van der Waals surface area (Å²) < 4.78 is 0. The lowest BCUT2D eigenvalue weighted by molar-refractivity contribution is 1.38. The SMILES string of the molecule is Bc1ccc2c(C)c(C)ccc2c1. The fourth-order valence-corrected chi connectivity index (χ4v) is 1.71. The monoisotopic (exact) mass is 168 g/mol. The number of hydrogen-bond donors (Lipinski definition) is 0. The number of benzene rings is 2. The van der Waals surface area contributed by atoms with Crippen LogP contribution in [0, 0.1) is 13.8 Å². The van der Waals surface area contributed by atoms with Crippen molar-refractivity contribution >= 4 is 24.1 Å². The van der Waals surface area contributed by atoms with E-state index in [2.05, 4.69) is 52.0 Å². The minimum Gasteiger partial charge on any atom is -0.0883 e. The first-order valence-electron chi connectivity index (χ1n) is 4.65. The van der Waals surface area contributed by atoms with Crippen molar-refractivity contribution in [2.24, 2.45) is 0 Å². The van der Waals surface area contributed by atoms with E-state index in [1.54, 1.807) is 0 Å². The van der Waals surface area contributed by atoms with Gasteiger partial charge < -0.3 is 0 Å². The zero-order valence-corrected chi connectivity index (χ0v) is 8.39. The van der Waals surface area contributed by atoms with E-state index in [0.29, 0.717) is 0 Å². The van der Waals surface area contributed by atoms with Crippen molar-refractivity contribution in [1.82, 2.24) is 0 Å². The first kappa shape index (κ1) is 8.37. The molecule has 0 aliphatic rings. The first-order valence-corrected chi connectivity index (χ1v) is 4.65. The largest absolute Gasteiger partial charge is 0.139 e. The second-order valence-corrected chi connectivity index (χ2v) is 3.73. The maximum atomic E-state index is 2.24. The van der Waals surface area contributed by atoms with Crippen LogP contribution in [-0.4, -0.2) is 7.85 Å². The molecule has 0 fully saturated rings. The summed E-state index contributed by atoms with van der Waals surface area (Å²) in [4.78, 5) is 0. The molecule has 0 nitrogen and oxygen atoms in total. The van der Waals surface area contributed by atoms with Crippen LogP contribution in [0.1, 0.15) is 11.1 Å². The molecule has 13 heavy (non-hydrogen) atoms. The third kappa shape index (κ3) is 1.35. The normalized spacial score (nSPS) is 10.6. The van der Waals surface area contributed by atoms with Gasteiger partial charge in [0.1, 0.15) is 7.85 Å². The Balaban J connectivity index is 2.87. The van der Waals surface area contributed by atoms with Gasteiger partial charge in [0.2, 0.25) is 0 Å². The van der Waals surface area contributed by atoms with Crippen LogP contribution in [0.3, 0.4) is 0 Å². The second-order valence-electron chi connectivity index (χ2n) is 3.73. The highest BCUT2D eigenvalue weighted by atomic mass is 14.0. The molecule has 0 atom stereocenters. The predicted octanol–water partition coefficient (Wildman–Crippen LogP) is 1.72. The van der Waals surface area contributed by atoms with Gasteiger partial charge in [-0.2, -0.15) is 0 Å². The number of hydrogen-bond acceptors (Lipinski definition) is 0. The van der Waals surface area contributed by atoms with E-state index in [1.165, 1.54) is 27.4 Å². The van der Waals surface area contributed by atoms with Gasteiger partial charge in [0.25, 0.3) is 0 Å². The molecule has 2 rings (SSSR count). The summed E-state index contributed by atoms with van der Waals surface area (Å²) in [7, 11) is 2.13. The van der Waals surface area contributed by atoms with Crippen molar-refractivity contribution < 1.29 is 0 Å². The average Bonchev–Trinajstić information content (AvgIpc) is 2.12. The van der Waals surface area contributed by atoms with Gasteiger partial charge in [-0.3, -0.25) is 0 Å². The van der Waals surface area contributed by atoms with Crippen LogP contribution in [0.25, 0.3) is 10.8 Å². The maximum absolute atomic E-state index is 2.24. The molecule has 0 N–H and O–H groups in total. The molecule has 0 aliphatic carbocycles. The fourth-order valence-electron chi connectivity index (χ4n) is 1.71. The van der Waals surface area contributed by atoms with Crippen molar-refractivity contribution in [1.29, 1.82) is 0 Å². The van der Waals surface area contributed by atoms with E-state index in [1.807, 2.05) is 0 Å². The third-order valence-electron chi connectivity index (χ3n) is 2.72. The maximum Gasteiger partial charge on any atom is 0.139 e. The number of aryl methyl sites for hydroxylation is 2. The molecule has 64 valence electrons. The molecule has 0 spiro atoms. The summed E-state index contributed by atoms with van der Waals surface area (Å²) in [5.41, 5.74) is 4.10. The Labute approximate surface area is 80.0 Å². The van der Waals surface area contributed by atoms with Crippen LogP contribution in [0.15, 0.2) is 30.3 Å². The quantitative estimate of drug-likeness (QED) is 0.525. The lowest BCUT2D eigenvalue weighted by Crippen LogP contribution is -2.00. The summed E-state index contributed by atoms with van der Waals surface area (Å²) in [5.74, 6) is 0. The Morgan fingerprint density at radius 1 is 1.00 bits per heavy atom. The summed E-state index contributed by atoms with van der Waals surface area (Å²) in [6.07, 6.45) is 0. The van der Waals surface area contributed by atoms with Gasteiger partial charge in [0.15, 0.2) is 0 Å². The highest BCUT2D eigenvalue weighted by molar-refractivity contribution is 6.33. The standard InChI is InChI=1S/C12H13B/c1-8-3-4-10-7-11(13)5-6-12(10)9(8)2/h3-7H,13H2,1-2H3. The van der Waals surface area contributed by atoms with Crippen LogP contribution < -0.4 is 5.46 Å². The van der Waals surface area contributed by atoms with Gasteiger partial charge in [-0.05, 0) is 35.7 Å². The van der Waals surface area contributed by atoms with Crippen LogP contribution in [0.5, 0.6) is 0 Å². The highest BCUT2D eigenvalue weighted by Crippen LogP contribution is 2.19. The molecule has 0 amide bonds. The molecule has 2 aromatic carbocycles. The van der Waals surface area contributed by atoms with Crippen LogP contribution in [0.4, 0.5) is 0 Å². The summed E-state index contributed by atoms with van der Waals surface area (Å²) >= 11 is 0. The fraction of sp³-hybridized carbons (Fsp3) is 0.167. The zero-order chi connectivity index (χ0) is 9.42. The topological polar surface area (TPSA) is 0 Å². The van der Waals surface area contributed by atoms with E-state index in [0.717, 1.165) is 0 Å². The van der Waals surface area contributed by atoms with Crippen molar-refractivity contribution in [3.63, 3.8) is 0 Å². The third-order valence-corrected chi connectivity index (χ3v) is 2.72. The molecule has 0 saturated heterocycles. The summed E-state index contributed by atoms with van der Waals surface area (Å²) in [6, 6.07) is 11.0. The van der Waals surface area contributed by atoms with Gasteiger partial charge in [-0.25, -0.2) is 0 Å². The molecule has 2 aromatic rings. The van der Waals surface area contributed by atoms with Gasteiger partial charge in [0.05, 0.1) is 0 Å². The summed E-state index contributed by atoms with van der Waals surface area (Å²) in [6.45, 7) is 4.35. The molecule has 0 aliphatic heterocycles. The van der Waals surface area contributed by atoms with E-state index in [4.69, 9.17) is 0 Å². The Morgan fingerprint density at radius 2 is 1.77 bits per heavy atom. The van der Waals surface area contributed by atoms with Crippen molar-refractivity contribution in [2.45, 2.75) is 13.8 Å². The molecular formula is C12H13B. The Hall–Kier alpha value is -1.24. The van der Waals surface area contributed by atoms with E-state index < -0.39 is 0 Å². The van der Waals surface area contributed by atoms with Gasteiger partial charge in [-0.15, -0.1) is 0 Å². The summed E-state index contributed by atoms with van der Waals surface area (Å²) in [5, 5.41) is 2.73. The first-order chi connectivity index (χ1) is 6.18. The number of rotatable bonds is 0. The Morgan fingerprint density at radius 3 is 2.54 bits per heavy atom. The van der Waals surface area contributed by atoms with Crippen LogP contribution in [0.2, 0.25) is 0 Å². The zero-order valence-electron chi connectivity index (χ0n) is 8.39. The van der Waals surface area contributed by atoms with Crippen LogP contribution in [-0.2, 0) is 0 Å². The smallest absolute Gasteiger partial charge is 0.0883 e. The predicted molar refractivity (Wildman–Crippen MR) is 61.6 cm³/mol.